The molecular formula is C13H23N3O2S. The van der Waals surface area contributed by atoms with E-state index < -0.39 is 10.0 Å². The van der Waals surface area contributed by atoms with E-state index in [2.05, 4.69) is 21.9 Å². The standard InChI is InChI=1S/C13H23N3O2S/c1-2-7-14-9-4-11-19(17,18)16-10-6-13-5-3-8-15-12-13/h3,5,8,12,14,16H,2,4,6-7,9-11H2,1H3. The number of pyridine rings is 1. The third-order valence-corrected chi connectivity index (χ3v) is 4.12. The van der Waals surface area contributed by atoms with Crippen molar-refractivity contribution in [2.75, 3.05) is 25.4 Å². The van der Waals surface area contributed by atoms with Crippen molar-refractivity contribution < 1.29 is 8.42 Å². The van der Waals surface area contributed by atoms with Gasteiger partial charge in [-0.05, 0) is 44.0 Å². The number of rotatable bonds is 10. The van der Waals surface area contributed by atoms with Gasteiger partial charge < -0.3 is 5.32 Å². The van der Waals surface area contributed by atoms with E-state index in [0.29, 0.717) is 19.4 Å². The smallest absolute Gasteiger partial charge is 0.211 e. The van der Waals surface area contributed by atoms with Crippen LogP contribution in [0, 0.1) is 0 Å². The van der Waals surface area contributed by atoms with Crippen molar-refractivity contribution in [2.45, 2.75) is 26.2 Å². The molecular weight excluding hydrogens is 262 g/mol. The Kier molecular flexibility index (Phi) is 7.62. The van der Waals surface area contributed by atoms with Gasteiger partial charge in [0.2, 0.25) is 10.0 Å². The molecule has 0 saturated heterocycles. The Morgan fingerprint density at radius 2 is 2.11 bits per heavy atom. The quantitative estimate of drug-likeness (QED) is 0.628. The van der Waals surface area contributed by atoms with Crippen LogP contribution in [-0.2, 0) is 16.4 Å². The van der Waals surface area contributed by atoms with E-state index in [4.69, 9.17) is 0 Å². The average molecular weight is 285 g/mol. The van der Waals surface area contributed by atoms with E-state index in [0.717, 1.165) is 25.1 Å². The normalized spacial score (nSPS) is 11.6. The summed E-state index contributed by atoms with van der Waals surface area (Å²) in [6, 6.07) is 3.79. The monoisotopic (exact) mass is 285 g/mol. The van der Waals surface area contributed by atoms with Crippen LogP contribution in [0.3, 0.4) is 0 Å². The Bertz CT molecular complexity index is 434. The molecule has 1 aromatic heterocycles. The summed E-state index contributed by atoms with van der Waals surface area (Å²) in [6.45, 7) is 4.20. The number of hydrogen-bond donors (Lipinski definition) is 2. The van der Waals surface area contributed by atoms with Crippen LogP contribution < -0.4 is 10.0 Å². The van der Waals surface area contributed by atoms with Crippen LogP contribution in [0.1, 0.15) is 25.3 Å². The van der Waals surface area contributed by atoms with Crippen LogP contribution in [0.2, 0.25) is 0 Å². The van der Waals surface area contributed by atoms with Crippen LogP contribution in [0.5, 0.6) is 0 Å². The summed E-state index contributed by atoms with van der Waals surface area (Å²) in [5.41, 5.74) is 1.04. The van der Waals surface area contributed by atoms with Gasteiger partial charge >= 0.3 is 0 Å². The highest BCUT2D eigenvalue weighted by Crippen LogP contribution is 1.96. The Labute approximate surface area is 115 Å². The Hall–Kier alpha value is -0.980. The fourth-order valence-electron chi connectivity index (χ4n) is 1.66. The Morgan fingerprint density at radius 3 is 2.79 bits per heavy atom. The van der Waals surface area contributed by atoms with E-state index in [9.17, 15) is 8.42 Å². The molecule has 0 aliphatic carbocycles. The van der Waals surface area contributed by atoms with Gasteiger partial charge in [0, 0.05) is 18.9 Å². The van der Waals surface area contributed by atoms with Crippen LogP contribution in [0.15, 0.2) is 24.5 Å². The van der Waals surface area contributed by atoms with E-state index in [1.54, 1.807) is 12.4 Å². The first-order valence-electron chi connectivity index (χ1n) is 6.71. The number of sulfonamides is 1. The molecule has 0 spiro atoms. The summed E-state index contributed by atoms with van der Waals surface area (Å²) >= 11 is 0. The molecule has 6 heteroatoms. The lowest BCUT2D eigenvalue weighted by Gasteiger charge is -2.07. The fraction of sp³-hybridized carbons (Fsp3) is 0.615. The summed E-state index contributed by atoms with van der Waals surface area (Å²) in [4.78, 5) is 3.99. The zero-order valence-corrected chi connectivity index (χ0v) is 12.2. The Balaban J connectivity index is 2.16. The topological polar surface area (TPSA) is 71.1 Å². The second-order valence-corrected chi connectivity index (χ2v) is 6.35. The van der Waals surface area contributed by atoms with Crippen LogP contribution in [-0.4, -0.2) is 38.8 Å². The van der Waals surface area contributed by atoms with Crippen molar-refractivity contribution in [3.05, 3.63) is 30.1 Å². The largest absolute Gasteiger partial charge is 0.317 e. The lowest BCUT2D eigenvalue weighted by Crippen LogP contribution is -2.30. The van der Waals surface area contributed by atoms with Gasteiger partial charge in [0.05, 0.1) is 5.75 Å². The summed E-state index contributed by atoms with van der Waals surface area (Å²) in [6.07, 6.45) is 5.83. The molecule has 0 aliphatic heterocycles. The van der Waals surface area contributed by atoms with Crippen molar-refractivity contribution in [1.82, 2.24) is 15.0 Å². The molecule has 0 aliphatic rings. The van der Waals surface area contributed by atoms with Crippen molar-refractivity contribution in [2.24, 2.45) is 0 Å². The molecule has 5 nitrogen and oxygen atoms in total. The SMILES string of the molecule is CCCNCCCS(=O)(=O)NCCc1cccnc1. The minimum absolute atomic E-state index is 0.177. The molecule has 0 amide bonds. The molecule has 0 atom stereocenters. The summed E-state index contributed by atoms with van der Waals surface area (Å²) in [5, 5.41) is 3.19. The van der Waals surface area contributed by atoms with Crippen LogP contribution >= 0.6 is 0 Å². The van der Waals surface area contributed by atoms with E-state index >= 15 is 0 Å². The molecule has 0 bridgehead atoms. The van der Waals surface area contributed by atoms with E-state index in [1.807, 2.05) is 12.1 Å². The second kappa shape index (κ2) is 9.01. The molecule has 0 aromatic carbocycles. The van der Waals surface area contributed by atoms with Gasteiger partial charge in [-0.25, -0.2) is 13.1 Å². The molecule has 19 heavy (non-hydrogen) atoms. The molecule has 2 N–H and O–H groups in total. The fourth-order valence-corrected chi connectivity index (χ4v) is 2.74. The maximum absolute atomic E-state index is 11.7. The van der Waals surface area contributed by atoms with Crippen LogP contribution in [0.4, 0.5) is 0 Å². The van der Waals surface area contributed by atoms with Gasteiger partial charge in [-0.3, -0.25) is 4.98 Å². The minimum atomic E-state index is -3.15. The predicted octanol–water partition coefficient (Wildman–Crippen LogP) is 0.933. The molecule has 1 aromatic rings. The predicted molar refractivity (Wildman–Crippen MR) is 77.5 cm³/mol. The zero-order chi connectivity index (χ0) is 14.0. The van der Waals surface area contributed by atoms with Crippen LogP contribution in [0.25, 0.3) is 0 Å². The van der Waals surface area contributed by atoms with Gasteiger partial charge in [-0.2, -0.15) is 0 Å². The lowest BCUT2D eigenvalue weighted by atomic mass is 10.2. The Morgan fingerprint density at radius 1 is 1.26 bits per heavy atom. The van der Waals surface area contributed by atoms with E-state index in [-0.39, 0.29) is 5.75 Å². The van der Waals surface area contributed by atoms with Gasteiger partial charge in [0.1, 0.15) is 0 Å². The van der Waals surface area contributed by atoms with Gasteiger partial charge in [-0.1, -0.05) is 13.0 Å². The minimum Gasteiger partial charge on any atom is -0.317 e. The van der Waals surface area contributed by atoms with Crippen molar-refractivity contribution in [1.29, 1.82) is 0 Å². The van der Waals surface area contributed by atoms with E-state index in [1.165, 1.54) is 0 Å². The number of nitrogens with one attached hydrogen (secondary N) is 2. The molecule has 0 fully saturated rings. The molecule has 1 rings (SSSR count). The van der Waals surface area contributed by atoms with Gasteiger partial charge in [0.25, 0.3) is 0 Å². The number of nitrogens with zero attached hydrogens (tertiary/aromatic N) is 1. The highest BCUT2D eigenvalue weighted by Gasteiger charge is 2.08. The number of aromatic nitrogens is 1. The molecule has 0 radical (unpaired) electrons. The molecule has 0 unspecified atom stereocenters. The third kappa shape index (κ3) is 7.92. The lowest BCUT2D eigenvalue weighted by molar-refractivity contribution is 0.574. The van der Waals surface area contributed by atoms with Gasteiger partial charge in [-0.15, -0.1) is 0 Å². The maximum Gasteiger partial charge on any atom is 0.211 e. The first kappa shape index (κ1) is 16.1. The molecule has 0 saturated carbocycles. The average Bonchev–Trinajstić information content (AvgIpc) is 2.39. The van der Waals surface area contributed by atoms with Crippen molar-refractivity contribution in [3.63, 3.8) is 0 Å². The number of hydrogen-bond acceptors (Lipinski definition) is 4. The molecule has 108 valence electrons. The highest BCUT2D eigenvalue weighted by atomic mass is 32.2. The highest BCUT2D eigenvalue weighted by molar-refractivity contribution is 7.89. The van der Waals surface area contributed by atoms with Gasteiger partial charge in [0.15, 0.2) is 0 Å². The van der Waals surface area contributed by atoms with Crippen molar-refractivity contribution in [3.8, 4) is 0 Å². The third-order valence-electron chi connectivity index (χ3n) is 2.65. The maximum atomic E-state index is 11.7. The summed E-state index contributed by atoms with van der Waals surface area (Å²) in [5.74, 6) is 0.177. The second-order valence-electron chi connectivity index (χ2n) is 4.43. The summed E-state index contributed by atoms with van der Waals surface area (Å²) < 4.78 is 26.0. The zero-order valence-electron chi connectivity index (χ0n) is 11.4. The first-order valence-corrected chi connectivity index (χ1v) is 8.36. The first-order chi connectivity index (χ1) is 9.14. The summed E-state index contributed by atoms with van der Waals surface area (Å²) in [7, 11) is -3.15. The van der Waals surface area contributed by atoms with Crippen molar-refractivity contribution >= 4 is 10.0 Å². The molecule has 1 heterocycles.